The smallest absolute Gasteiger partial charge is 0.224 e. The molecule has 7 heteroatoms. The number of ether oxygens (including phenoxy) is 2. The number of amides is 2. The lowest BCUT2D eigenvalue weighted by molar-refractivity contribution is -0.138. The first-order chi connectivity index (χ1) is 11.9. The van der Waals surface area contributed by atoms with Crippen LogP contribution in [0.25, 0.3) is 0 Å². The van der Waals surface area contributed by atoms with E-state index >= 15 is 0 Å². The molecule has 1 fully saturated rings. The third-order valence-electron chi connectivity index (χ3n) is 4.42. The second-order valence-electron chi connectivity index (χ2n) is 6.55. The van der Waals surface area contributed by atoms with Gasteiger partial charge in [-0.3, -0.25) is 9.59 Å². The zero-order valence-electron chi connectivity index (χ0n) is 14.5. The van der Waals surface area contributed by atoms with Crippen LogP contribution in [-0.4, -0.2) is 50.1 Å². The average molecular weight is 369 g/mol. The summed E-state index contributed by atoms with van der Waals surface area (Å²) in [4.78, 5) is 25.7. The van der Waals surface area contributed by atoms with E-state index in [2.05, 4.69) is 0 Å². The number of rotatable bonds is 8. The molecular weight excluding hydrogens is 344 g/mol. The van der Waals surface area contributed by atoms with Gasteiger partial charge in [-0.2, -0.15) is 0 Å². The second-order valence-corrected chi connectivity index (χ2v) is 6.99. The second kappa shape index (κ2) is 9.06. The summed E-state index contributed by atoms with van der Waals surface area (Å²) in [6, 6.07) is 7.11. The molecule has 2 amide bonds. The SMILES string of the molecule is COCCC(=O)N1CCC[C@@](COc2cccc(Cl)c2)(CC(N)=O)C1. The van der Waals surface area contributed by atoms with Gasteiger partial charge in [0.2, 0.25) is 11.8 Å². The number of carbonyl (C=O) groups is 2. The largest absolute Gasteiger partial charge is 0.493 e. The highest BCUT2D eigenvalue weighted by molar-refractivity contribution is 6.30. The van der Waals surface area contributed by atoms with Gasteiger partial charge in [0.15, 0.2) is 0 Å². The van der Waals surface area contributed by atoms with Gasteiger partial charge in [-0.1, -0.05) is 17.7 Å². The van der Waals surface area contributed by atoms with Crippen molar-refractivity contribution in [2.45, 2.75) is 25.7 Å². The Morgan fingerprint density at radius 2 is 2.20 bits per heavy atom. The van der Waals surface area contributed by atoms with Crippen molar-refractivity contribution in [3.05, 3.63) is 29.3 Å². The van der Waals surface area contributed by atoms with E-state index in [1.807, 2.05) is 6.07 Å². The lowest BCUT2D eigenvalue weighted by Gasteiger charge is -2.42. The van der Waals surface area contributed by atoms with Crippen LogP contribution in [0.1, 0.15) is 25.7 Å². The van der Waals surface area contributed by atoms with Gasteiger partial charge in [0.1, 0.15) is 5.75 Å². The fraction of sp³-hybridized carbons (Fsp3) is 0.556. The number of nitrogens with zero attached hydrogens (tertiary/aromatic N) is 1. The summed E-state index contributed by atoms with van der Waals surface area (Å²) in [6.07, 6.45) is 2.11. The Morgan fingerprint density at radius 3 is 2.88 bits per heavy atom. The predicted octanol–water partition coefficient (Wildman–Crippen LogP) is 2.24. The molecule has 0 aliphatic carbocycles. The Balaban J connectivity index is 2.07. The summed E-state index contributed by atoms with van der Waals surface area (Å²) in [5.74, 6) is 0.276. The molecule has 0 bridgehead atoms. The van der Waals surface area contributed by atoms with Crippen LogP contribution in [0.5, 0.6) is 5.75 Å². The highest BCUT2D eigenvalue weighted by Gasteiger charge is 2.39. The van der Waals surface area contributed by atoms with Crippen LogP contribution in [0.4, 0.5) is 0 Å². The van der Waals surface area contributed by atoms with Gasteiger partial charge in [0.25, 0.3) is 0 Å². The lowest BCUT2D eigenvalue weighted by atomic mass is 9.77. The molecule has 1 aromatic rings. The number of hydrogen-bond acceptors (Lipinski definition) is 4. The number of hydrogen-bond donors (Lipinski definition) is 1. The van der Waals surface area contributed by atoms with Crippen molar-refractivity contribution in [1.29, 1.82) is 0 Å². The van der Waals surface area contributed by atoms with Crippen LogP contribution in [0, 0.1) is 5.41 Å². The lowest BCUT2D eigenvalue weighted by Crippen LogP contribution is -2.50. The summed E-state index contributed by atoms with van der Waals surface area (Å²) >= 11 is 5.98. The van der Waals surface area contributed by atoms with Crippen molar-refractivity contribution in [2.75, 3.05) is 33.4 Å². The van der Waals surface area contributed by atoms with Crippen molar-refractivity contribution in [3.63, 3.8) is 0 Å². The van der Waals surface area contributed by atoms with Crippen molar-refractivity contribution >= 4 is 23.4 Å². The standard InChI is InChI=1S/C18H25ClN2O4/c1-24-9-6-17(23)21-8-3-7-18(12-21,11-16(20)22)13-25-15-5-2-4-14(19)10-15/h2,4-5,10H,3,6-9,11-13H2,1H3,(H2,20,22)/t18-/m1/s1. The predicted molar refractivity (Wildman–Crippen MR) is 95.5 cm³/mol. The first kappa shape index (κ1) is 19.5. The van der Waals surface area contributed by atoms with Crippen LogP contribution in [0.3, 0.4) is 0 Å². The molecular formula is C18H25ClN2O4. The van der Waals surface area contributed by atoms with E-state index in [1.54, 1.807) is 30.2 Å². The van der Waals surface area contributed by atoms with E-state index < -0.39 is 5.41 Å². The first-order valence-corrected chi connectivity index (χ1v) is 8.75. The summed E-state index contributed by atoms with van der Waals surface area (Å²) in [6.45, 7) is 1.83. The summed E-state index contributed by atoms with van der Waals surface area (Å²) < 4.78 is 10.9. The summed E-state index contributed by atoms with van der Waals surface area (Å²) in [5, 5.41) is 0.585. The topological polar surface area (TPSA) is 81.9 Å². The van der Waals surface area contributed by atoms with E-state index in [0.717, 1.165) is 12.8 Å². The zero-order chi connectivity index (χ0) is 18.3. The normalized spacial score (nSPS) is 20.3. The van der Waals surface area contributed by atoms with E-state index in [9.17, 15) is 9.59 Å². The molecule has 2 N–H and O–H groups in total. The van der Waals surface area contributed by atoms with Crippen molar-refractivity contribution < 1.29 is 19.1 Å². The fourth-order valence-electron chi connectivity index (χ4n) is 3.24. The van der Waals surface area contributed by atoms with Crippen molar-refractivity contribution in [3.8, 4) is 5.75 Å². The number of primary amides is 1. The molecule has 2 rings (SSSR count). The molecule has 1 saturated heterocycles. The number of carbonyl (C=O) groups excluding carboxylic acids is 2. The van der Waals surface area contributed by atoms with Crippen LogP contribution >= 0.6 is 11.6 Å². The molecule has 138 valence electrons. The molecule has 6 nitrogen and oxygen atoms in total. The van der Waals surface area contributed by atoms with E-state index in [1.165, 1.54) is 0 Å². The Hall–Kier alpha value is -1.79. The molecule has 0 saturated carbocycles. The highest BCUT2D eigenvalue weighted by atomic mass is 35.5. The van der Waals surface area contributed by atoms with Crippen LogP contribution < -0.4 is 10.5 Å². The van der Waals surface area contributed by atoms with Gasteiger partial charge in [-0.25, -0.2) is 0 Å². The fourth-order valence-corrected chi connectivity index (χ4v) is 3.42. The minimum atomic E-state index is -0.477. The maximum absolute atomic E-state index is 12.3. The van der Waals surface area contributed by atoms with Gasteiger partial charge < -0.3 is 20.1 Å². The maximum Gasteiger partial charge on any atom is 0.224 e. The van der Waals surface area contributed by atoms with Gasteiger partial charge in [0.05, 0.1) is 19.6 Å². The highest BCUT2D eigenvalue weighted by Crippen LogP contribution is 2.35. The van der Waals surface area contributed by atoms with Gasteiger partial charge in [0, 0.05) is 37.1 Å². The van der Waals surface area contributed by atoms with Gasteiger partial charge in [-0.05, 0) is 31.0 Å². The number of benzene rings is 1. The van der Waals surface area contributed by atoms with Crippen LogP contribution in [0.15, 0.2) is 24.3 Å². The third kappa shape index (κ3) is 5.90. The molecule has 1 aromatic carbocycles. The molecule has 1 aliphatic heterocycles. The third-order valence-corrected chi connectivity index (χ3v) is 4.66. The monoisotopic (exact) mass is 368 g/mol. The van der Waals surface area contributed by atoms with E-state index in [4.69, 9.17) is 26.8 Å². The molecule has 1 heterocycles. The first-order valence-electron chi connectivity index (χ1n) is 8.37. The van der Waals surface area contributed by atoms with Gasteiger partial charge in [-0.15, -0.1) is 0 Å². The Morgan fingerprint density at radius 1 is 1.40 bits per heavy atom. The maximum atomic E-state index is 12.3. The zero-order valence-corrected chi connectivity index (χ0v) is 15.3. The van der Waals surface area contributed by atoms with E-state index in [0.29, 0.717) is 43.5 Å². The quantitative estimate of drug-likeness (QED) is 0.762. The summed E-state index contributed by atoms with van der Waals surface area (Å²) in [7, 11) is 1.57. The Bertz CT molecular complexity index is 610. The Labute approximate surface area is 153 Å². The Kier molecular flexibility index (Phi) is 7.08. The van der Waals surface area contributed by atoms with Gasteiger partial charge >= 0.3 is 0 Å². The average Bonchev–Trinajstić information content (AvgIpc) is 2.57. The van der Waals surface area contributed by atoms with E-state index in [-0.39, 0.29) is 18.2 Å². The number of nitrogens with two attached hydrogens (primary N) is 1. The molecule has 25 heavy (non-hydrogen) atoms. The number of piperidine rings is 1. The van der Waals surface area contributed by atoms with Crippen molar-refractivity contribution in [1.82, 2.24) is 4.90 Å². The minimum Gasteiger partial charge on any atom is -0.493 e. The van der Waals surface area contributed by atoms with Crippen LogP contribution in [0.2, 0.25) is 5.02 Å². The van der Waals surface area contributed by atoms with Crippen LogP contribution in [-0.2, 0) is 14.3 Å². The molecule has 0 aromatic heterocycles. The number of methoxy groups -OCH3 is 1. The minimum absolute atomic E-state index is 0.0261. The molecule has 1 atom stereocenters. The molecule has 0 spiro atoms. The van der Waals surface area contributed by atoms with Crippen molar-refractivity contribution in [2.24, 2.45) is 11.1 Å². The summed E-state index contributed by atoms with van der Waals surface area (Å²) in [5.41, 5.74) is 4.99. The molecule has 0 radical (unpaired) electrons. The molecule has 1 aliphatic rings. The molecule has 0 unspecified atom stereocenters. The number of likely N-dealkylation sites (tertiary alicyclic amines) is 1. The number of halogens is 1.